The van der Waals surface area contributed by atoms with Crippen LogP contribution in [-0.2, 0) is 38.4 Å². The highest BCUT2D eigenvalue weighted by molar-refractivity contribution is 6.14. The molecule has 0 aliphatic carbocycles. The number of amides is 8. The molecule has 0 unspecified atom stereocenters. The van der Waals surface area contributed by atoms with Gasteiger partial charge in [0.05, 0.1) is 0 Å². The van der Waals surface area contributed by atoms with Crippen molar-refractivity contribution in [1.82, 2.24) is 21.3 Å². The summed E-state index contributed by atoms with van der Waals surface area (Å²) >= 11 is 0. The third kappa shape index (κ3) is 12.0. The van der Waals surface area contributed by atoms with E-state index in [1.54, 1.807) is 0 Å². The van der Waals surface area contributed by atoms with Crippen LogP contribution >= 0.6 is 0 Å². The molecule has 0 saturated carbocycles. The van der Waals surface area contributed by atoms with E-state index in [1.807, 2.05) is 21.3 Å². The molecule has 0 aromatic rings. The third-order valence-corrected chi connectivity index (χ3v) is 2.53. The molecule has 0 atom stereocenters. The van der Waals surface area contributed by atoms with Crippen LogP contribution in [0.4, 0.5) is 0 Å². The summed E-state index contributed by atoms with van der Waals surface area (Å²) in [7, 11) is 0. The van der Waals surface area contributed by atoms with Crippen molar-refractivity contribution in [3.63, 3.8) is 0 Å². The molecule has 0 aromatic heterocycles. The zero-order chi connectivity index (χ0) is 21.1. The average Bonchev–Trinajstić information content (AvgIpc) is 3.37. The van der Waals surface area contributed by atoms with Gasteiger partial charge in [-0.2, -0.15) is 0 Å². The smallest absolute Gasteiger partial charge is 0.250 e. The standard InChI is InChI=1S/4C4H3NO2.2C/c4*6-3-1-2-4(7)5-3;;/h4*1-2H,(H,5,6,7);;. The van der Waals surface area contributed by atoms with E-state index in [0.717, 1.165) is 0 Å². The van der Waals surface area contributed by atoms with Gasteiger partial charge in [-0.15, -0.1) is 0 Å². The third-order valence-electron chi connectivity index (χ3n) is 2.53. The number of imide groups is 4. The Bertz CT molecular complexity index is 673. The average molecular weight is 412 g/mol. The van der Waals surface area contributed by atoms with Gasteiger partial charge in [-0.05, 0) is 0 Å². The normalized spacial score (nSPS) is 16.5. The summed E-state index contributed by atoms with van der Waals surface area (Å²) in [5, 5.41) is 8.11. The largest absolute Gasteiger partial charge is 0.289 e. The van der Waals surface area contributed by atoms with E-state index in [9.17, 15) is 38.4 Å². The van der Waals surface area contributed by atoms with Crippen LogP contribution in [0.3, 0.4) is 0 Å². The molecule has 4 N–H and O–H groups in total. The minimum Gasteiger partial charge on any atom is -0.289 e. The Morgan fingerprint density at radius 2 is 0.400 bits per heavy atom. The zero-order valence-corrected chi connectivity index (χ0v) is 14.9. The second kappa shape index (κ2) is 13.7. The van der Waals surface area contributed by atoms with E-state index in [2.05, 4.69) is 0 Å². The van der Waals surface area contributed by atoms with Crippen molar-refractivity contribution in [3.05, 3.63) is 63.5 Å². The molecule has 12 heteroatoms. The molecule has 4 rings (SSSR count). The molecule has 8 radical (unpaired) electrons. The van der Waals surface area contributed by atoms with Crippen molar-refractivity contribution in [1.29, 1.82) is 0 Å². The van der Waals surface area contributed by atoms with E-state index in [1.165, 1.54) is 48.6 Å². The lowest BCUT2D eigenvalue weighted by atomic mass is 10.6. The Morgan fingerprint density at radius 1 is 0.300 bits per heavy atom. The fourth-order valence-corrected chi connectivity index (χ4v) is 1.42. The molecule has 4 aliphatic heterocycles. The zero-order valence-electron chi connectivity index (χ0n) is 14.9. The predicted octanol–water partition coefficient (Wildman–Crippen LogP) is -3.04. The maximum absolute atomic E-state index is 10.0. The van der Waals surface area contributed by atoms with E-state index < -0.39 is 0 Å². The van der Waals surface area contributed by atoms with Crippen molar-refractivity contribution in [2.24, 2.45) is 0 Å². The fraction of sp³-hybridized carbons (Fsp3) is 0. The van der Waals surface area contributed by atoms with Crippen LogP contribution in [0.5, 0.6) is 0 Å². The SMILES string of the molecule is O=C1C=CC(=O)N1.O=C1C=CC(=O)N1.O=C1C=CC(=O)N1.O=C1C=CC(=O)N1.[C].[C]. The molecule has 152 valence electrons. The van der Waals surface area contributed by atoms with Gasteiger partial charge in [-0.25, -0.2) is 0 Å². The first-order chi connectivity index (χ1) is 13.2. The summed E-state index contributed by atoms with van der Waals surface area (Å²) < 4.78 is 0. The molecule has 4 aliphatic rings. The van der Waals surface area contributed by atoms with Crippen LogP contribution in [0.2, 0.25) is 0 Å². The number of hydrogen-bond donors (Lipinski definition) is 4. The Kier molecular flexibility index (Phi) is 12.6. The van der Waals surface area contributed by atoms with Crippen molar-refractivity contribution in [2.45, 2.75) is 0 Å². The van der Waals surface area contributed by atoms with Gasteiger partial charge in [0.1, 0.15) is 0 Å². The Morgan fingerprint density at radius 3 is 0.433 bits per heavy atom. The molecule has 0 bridgehead atoms. The molecule has 0 spiro atoms. The first-order valence-electron chi connectivity index (χ1n) is 7.28. The summed E-state index contributed by atoms with van der Waals surface area (Å²) in [6.45, 7) is 0. The van der Waals surface area contributed by atoms with E-state index in [4.69, 9.17) is 0 Å². The van der Waals surface area contributed by atoms with Crippen molar-refractivity contribution in [2.75, 3.05) is 0 Å². The molecule has 8 amide bonds. The minimum atomic E-state index is -0.329. The molecule has 12 nitrogen and oxygen atoms in total. The fourth-order valence-electron chi connectivity index (χ4n) is 1.42. The number of nitrogens with one attached hydrogen (secondary N) is 4. The molecule has 30 heavy (non-hydrogen) atoms. The predicted molar refractivity (Wildman–Crippen MR) is 95.6 cm³/mol. The number of hydrogen-bond acceptors (Lipinski definition) is 8. The van der Waals surface area contributed by atoms with Crippen molar-refractivity contribution >= 4 is 47.3 Å². The van der Waals surface area contributed by atoms with Gasteiger partial charge in [-0.3, -0.25) is 59.6 Å². The van der Waals surface area contributed by atoms with Gasteiger partial charge in [-0.1, -0.05) is 0 Å². The van der Waals surface area contributed by atoms with E-state index >= 15 is 0 Å². The molecule has 0 fully saturated rings. The molecule has 4 heterocycles. The van der Waals surface area contributed by atoms with Crippen molar-refractivity contribution < 1.29 is 38.4 Å². The van der Waals surface area contributed by atoms with Gasteiger partial charge in [0.25, 0.3) is 47.3 Å². The maximum atomic E-state index is 10.0. The lowest BCUT2D eigenvalue weighted by molar-refractivity contribution is -0.125. The highest BCUT2D eigenvalue weighted by Gasteiger charge is 2.08. The second-order valence-corrected chi connectivity index (χ2v) is 4.75. The van der Waals surface area contributed by atoms with Gasteiger partial charge in [0.15, 0.2) is 0 Å². The van der Waals surface area contributed by atoms with E-state index in [0.29, 0.717) is 0 Å². The molecular weight excluding hydrogens is 400 g/mol. The van der Waals surface area contributed by atoms with Gasteiger partial charge in [0.2, 0.25) is 0 Å². The minimum absolute atomic E-state index is 0. The summed E-state index contributed by atoms with van der Waals surface area (Å²) in [6.07, 6.45) is 9.57. The van der Waals surface area contributed by atoms with Crippen LogP contribution in [0.1, 0.15) is 0 Å². The maximum Gasteiger partial charge on any atom is 0.250 e. The Labute approximate surface area is 171 Å². The van der Waals surface area contributed by atoms with Gasteiger partial charge in [0, 0.05) is 63.5 Å². The summed E-state index contributed by atoms with van der Waals surface area (Å²) in [5.74, 6) is -2.63. The first kappa shape index (κ1) is 27.7. The van der Waals surface area contributed by atoms with Crippen LogP contribution in [-0.4, -0.2) is 47.3 Å². The Balaban J connectivity index is 0. The number of carbonyl (C=O) groups is 8. The van der Waals surface area contributed by atoms with Gasteiger partial charge < -0.3 is 0 Å². The highest BCUT2D eigenvalue weighted by atomic mass is 16.2. The first-order valence-corrected chi connectivity index (χ1v) is 7.28. The van der Waals surface area contributed by atoms with Crippen LogP contribution in [0.25, 0.3) is 0 Å². The molecule has 0 saturated heterocycles. The van der Waals surface area contributed by atoms with E-state index in [-0.39, 0.29) is 62.1 Å². The number of carbonyl (C=O) groups excluding carboxylic acids is 8. The summed E-state index contributed by atoms with van der Waals surface area (Å²) in [6, 6.07) is 0. The highest BCUT2D eigenvalue weighted by Crippen LogP contribution is 1.84. The lowest BCUT2D eigenvalue weighted by Crippen LogP contribution is -2.19. The Hall–Kier alpha value is -4.48. The van der Waals surface area contributed by atoms with Gasteiger partial charge >= 0.3 is 0 Å². The summed E-state index contributed by atoms with van der Waals surface area (Å²) in [5.41, 5.74) is 0. The van der Waals surface area contributed by atoms with Crippen LogP contribution in [0, 0.1) is 14.9 Å². The molecular formula is C18H12N4O8. The summed E-state index contributed by atoms with van der Waals surface area (Å²) in [4.78, 5) is 80.3. The van der Waals surface area contributed by atoms with Crippen LogP contribution in [0.15, 0.2) is 48.6 Å². The van der Waals surface area contributed by atoms with Crippen molar-refractivity contribution in [3.8, 4) is 0 Å². The molecule has 0 aromatic carbocycles. The lowest BCUT2D eigenvalue weighted by Gasteiger charge is -1.80. The second-order valence-electron chi connectivity index (χ2n) is 4.75. The monoisotopic (exact) mass is 412 g/mol. The quantitative estimate of drug-likeness (QED) is 0.302. The van der Waals surface area contributed by atoms with Crippen LogP contribution < -0.4 is 21.3 Å². The number of rotatable bonds is 0. The topological polar surface area (TPSA) is 185 Å².